The summed E-state index contributed by atoms with van der Waals surface area (Å²) in [5.41, 5.74) is 1.56. The fourth-order valence-corrected chi connectivity index (χ4v) is 2.30. The van der Waals surface area contributed by atoms with Gasteiger partial charge in [0.05, 0.1) is 11.5 Å². The van der Waals surface area contributed by atoms with Crippen LogP contribution in [0.3, 0.4) is 0 Å². The maximum atomic E-state index is 12.0. The van der Waals surface area contributed by atoms with Crippen molar-refractivity contribution in [1.29, 1.82) is 0 Å². The minimum Gasteiger partial charge on any atom is -0.478 e. The van der Waals surface area contributed by atoms with Gasteiger partial charge >= 0.3 is 5.97 Å². The first kappa shape index (κ1) is 13.5. The summed E-state index contributed by atoms with van der Waals surface area (Å²) in [6.45, 7) is 3.40. The van der Waals surface area contributed by atoms with Crippen LogP contribution in [-0.2, 0) is 4.79 Å². The van der Waals surface area contributed by atoms with Crippen LogP contribution in [0.5, 0.6) is 0 Å². The molecule has 1 aliphatic rings. The van der Waals surface area contributed by atoms with E-state index >= 15 is 0 Å². The predicted molar refractivity (Wildman–Crippen MR) is 72.4 cm³/mol. The molecule has 19 heavy (non-hydrogen) atoms. The topological polar surface area (TPSA) is 78.4 Å². The number of aromatic carboxylic acids is 1. The van der Waals surface area contributed by atoms with E-state index in [1.165, 1.54) is 6.07 Å². The molecular formula is C14H18N2O3. The molecule has 1 aliphatic heterocycles. The molecule has 1 aromatic carbocycles. The van der Waals surface area contributed by atoms with E-state index in [4.69, 9.17) is 5.11 Å². The van der Waals surface area contributed by atoms with Crippen LogP contribution in [0.4, 0.5) is 5.69 Å². The first-order chi connectivity index (χ1) is 9.08. The van der Waals surface area contributed by atoms with Gasteiger partial charge in [-0.2, -0.15) is 0 Å². The van der Waals surface area contributed by atoms with Gasteiger partial charge in [0.15, 0.2) is 0 Å². The summed E-state index contributed by atoms with van der Waals surface area (Å²) in [5, 5.41) is 15.0. The molecule has 3 N–H and O–H groups in total. The lowest BCUT2D eigenvalue weighted by Crippen LogP contribution is -2.37. The maximum absolute atomic E-state index is 12.0. The number of benzene rings is 1. The summed E-state index contributed by atoms with van der Waals surface area (Å²) < 4.78 is 0. The number of hydrogen-bond donors (Lipinski definition) is 3. The second-order valence-corrected chi connectivity index (χ2v) is 4.87. The van der Waals surface area contributed by atoms with Gasteiger partial charge in [-0.05, 0) is 50.1 Å². The van der Waals surface area contributed by atoms with Crippen molar-refractivity contribution in [2.75, 3.05) is 18.4 Å². The smallest absolute Gasteiger partial charge is 0.335 e. The molecule has 0 saturated carbocycles. The predicted octanol–water partition coefficient (Wildman–Crippen LogP) is 1.63. The molecule has 2 rings (SSSR count). The Kier molecular flexibility index (Phi) is 4.16. The third kappa shape index (κ3) is 3.32. The first-order valence-corrected chi connectivity index (χ1v) is 6.43. The molecule has 0 radical (unpaired) electrons. The number of piperidine rings is 1. The number of anilines is 1. The normalized spacial score (nSPS) is 18.9. The van der Waals surface area contributed by atoms with Crippen molar-refractivity contribution in [2.24, 2.45) is 5.92 Å². The summed E-state index contributed by atoms with van der Waals surface area (Å²) in [4.78, 5) is 22.9. The molecule has 1 heterocycles. The number of carboxylic acid groups (broad SMARTS) is 1. The van der Waals surface area contributed by atoms with E-state index in [1.54, 1.807) is 19.1 Å². The Bertz CT molecular complexity index is 493. The van der Waals surface area contributed by atoms with Crippen LogP contribution < -0.4 is 10.6 Å². The van der Waals surface area contributed by atoms with Crippen LogP contribution in [0.25, 0.3) is 0 Å². The highest BCUT2D eigenvalue weighted by Gasteiger charge is 2.21. The van der Waals surface area contributed by atoms with Gasteiger partial charge in [-0.15, -0.1) is 0 Å². The highest BCUT2D eigenvalue weighted by atomic mass is 16.4. The SMILES string of the molecule is Cc1cc(NC(=O)[C@H]2CCCNC2)ccc1C(=O)O. The summed E-state index contributed by atoms with van der Waals surface area (Å²) in [7, 11) is 0. The van der Waals surface area contributed by atoms with Crippen LogP contribution in [0.15, 0.2) is 18.2 Å². The number of carboxylic acids is 1. The van der Waals surface area contributed by atoms with Crippen LogP contribution >= 0.6 is 0 Å². The van der Waals surface area contributed by atoms with E-state index in [1.807, 2.05) is 0 Å². The molecule has 0 aromatic heterocycles. The minimum atomic E-state index is -0.952. The summed E-state index contributed by atoms with van der Waals surface area (Å²) in [6.07, 6.45) is 1.90. The molecule has 1 fully saturated rings. The standard InChI is InChI=1S/C14H18N2O3/c1-9-7-11(4-5-12(9)14(18)19)16-13(17)10-3-2-6-15-8-10/h4-5,7,10,15H,2-3,6,8H2,1H3,(H,16,17)(H,18,19)/t10-/m0/s1. The van der Waals surface area contributed by atoms with E-state index in [0.717, 1.165) is 19.4 Å². The molecule has 102 valence electrons. The third-order valence-electron chi connectivity index (χ3n) is 3.39. The number of rotatable bonds is 3. The summed E-state index contributed by atoms with van der Waals surface area (Å²) in [6, 6.07) is 4.84. The third-order valence-corrected chi connectivity index (χ3v) is 3.39. The Hall–Kier alpha value is -1.88. The zero-order valence-electron chi connectivity index (χ0n) is 10.9. The average molecular weight is 262 g/mol. The van der Waals surface area contributed by atoms with Crippen LogP contribution in [0, 0.1) is 12.8 Å². The highest BCUT2D eigenvalue weighted by Crippen LogP contribution is 2.18. The Morgan fingerprint density at radius 1 is 1.42 bits per heavy atom. The van der Waals surface area contributed by atoms with E-state index in [2.05, 4.69) is 10.6 Å². The monoisotopic (exact) mass is 262 g/mol. The van der Waals surface area contributed by atoms with E-state index in [-0.39, 0.29) is 17.4 Å². The van der Waals surface area contributed by atoms with Gasteiger partial charge in [0, 0.05) is 12.2 Å². The van der Waals surface area contributed by atoms with Gasteiger partial charge in [-0.3, -0.25) is 4.79 Å². The van der Waals surface area contributed by atoms with Gasteiger partial charge in [-0.1, -0.05) is 0 Å². The number of carbonyl (C=O) groups is 2. The Morgan fingerprint density at radius 3 is 2.79 bits per heavy atom. The molecule has 5 nitrogen and oxygen atoms in total. The molecule has 0 bridgehead atoms. The molecule has 1 aromatic rings. The second-order valence-electron chi connectivity index (χ2n) is 4.87. The van der Waals surface area contributed by atoms with Crippen LogP contribution in [0.2, 0.25) is 0 Å². The average Bonchev–Trinajstić information content (AvgIpc) is 2.39. The highest BCUT2D eigenvalue weighted by molar-refractivity contribution is 5.94. The lowest BCUT2D eigenvalue weighted by atomic mass is 9.98. The van der Waals surface area contributed by atoms with Crippen molar-refractivity contribution >= 4 is 17.6 Å². The Labute approximate surface area is 112 Å². The van der Waals surface area contributed by atoms with Gasteiger partial charge in [0.25, 0.3) is 0 Å². The molecule has 1 saturated heterocycles. The lowest BCUT2D eigenvalue weighted by molar-refractivity contribution is -0.120. The van der Waals surface area contributed by atoms with E-state index in [9.17, 15) is 9.59 Å². The number of amides is 1. The van der Waals surface area contributed by atoms with Crippen molar-refractivity contribution < 1.29 is 14.7 Å². The van der Waals surface area contributed by atoms with Gasteiger partial charge < -0.3 is 15.7 Å². The van der Waals surface area contributed by atoms with Crippen LogP contribution in [0.1, 0.15) is 28.8 Å². The lowest BCUT2D eigenvalue weighted by Gasteiger charge is -2.22. The number of aryl methyl sites for hydroxylation is 1. The second kappa shape index (κ2) is 5.84. The van der Waals surface area contributed by atoms with E-state index < -0.39 is 5.97 Å². The number of hydrogen-bond acceptors (Lipinski definition) is 3. The molecule has 1 atom stereocenters. The zero-order chi connectivity index (χ0) is 13.8. The van der Waals surface area contributed by atoms with Gasteiger partial charge in [0.1, 0.15) is 0 Å². The van der Waals surface area contributed by atoms with Crippen molar-refractivity contribution in [3.63, 3.8) is 0 Å². The summed E-state index contributed by atoms with van der Waals surface area (Å²) in [5.74, 6) is -0.963. The van der Waals surface area contributed by atoms with Crippen molar-refractivity contribution in [3.05, 3.63) is 29.3 Å². The molecule has 0 aliphatic carbocycles. The largest absolute Gasteiger partial charge is 0.478 e. The molecule has 0 spiro atoms. The quantitative estimate of drug-likeness (QED) is 0.773. The van der Waals surface area contributed by atoms with Crippen LogP contribution in [-0.4, -0.2) is 30.1 Å². The Balaban J connectivity index is 2.04. The van der Waals surface area contributed by atoms with Gasteiger partial charge in [0.2, 0.25) is 5.91 Å². The molecule has 5 heteroatoms. The fourth-order valence-electron chi connectivity index (χ4n) is 2.30. The first-order valence-electron chi connectivity index (χ1n) is 6.43. The van der Waals surface area contributed by atoms with Crippen molar-refractivity contribution in [2.45, 2.75) is 19.8 Å². The maximum Gasteiger partial charge on any atom is 0.335 e. The molecular weight excluding hydrogens is 244 g/mol. The van der Waals surface area contributed by atoms with Crippen molar-refractivity contribution in [3.8, 4) is 0 Å². The van der Waals surface area contributed by atoms with E-state index in [0.29, 0.717) is 17.8 Å². The Morgan fingerprint density at radius 2 is 2.21 bits per heavy atom. The fraction of sp³-hybridized carbons (Fsp3) is 0.429. The number of carbonyl (C=O) groups excluding carboxylic acids is 1. The number of nitrogens with one attached hydrogen (secondary N) is 2. The van der Waals surface area contributed by atoms with Crippen molar-refractivity contribution in [1.82, 2.24) is 5.32 Å². The zero-order valence-corrected chi connectivity index (χ0v) is 10.9. The molecule has 1 amide bonds. The summed E-state index contributed by atoms with van der Waals surface area (Å²) >= 11 is 0. The van der Waals surface area contributed by atoms with Gasteiger partial charge in [-0.25, -0.2) is 4.79 Å². The minimum absolute atomic E-state index is 0.00493. The molecule has 0 unspecified atom stereocenters.